The Morgan fingerprint density at radius 2 is 2.50 bits per heavy atom. The summed E-state index contributed by atoms with van der Waals surface area (Å²) in [7, 11) is 0. The van der Waals surface area contributed by atoms with Crippen molar-refractivity contribution in [1.29, 1.82) is 0 Å². The predicted octanol–water partition coefficient (Wildman–Crippen LogP) is 1.09. The van der Waals surface area contributed by atoms with Gasteiger partial charge in [0.25, 0.3) is 0 Å². The van der Waals surface area contributed by atoms with E-state index in [-0.39, 0.29) is 6.04 Å². The minimum absolute atomic E-state index is 0.116. The molecule has 0 aromatic carbocycles. The van der Waals surface area contributed by atoms with Gasteiger partial charge in [0.05, 0.1) is 6.04 Å². The molecule has 0 saturated heterocycles. The molecule has 16 heavy (non-hydrogen) atoms. The second-order valence-corrected chi connectivity index (χ2v) is 4.63. The summed E-state index contributed by atoms with van der Waals surface area (Å²) < 4.78 is 1.89. The molecule has 2 atom stereocenters. The van der Waals surface area contributed by atoms with Gasteiger partial charge in [-0.1, -0.05) is 0 Å². The first kappa shape index (κ1) is 11.1. The Balaban J connectivity index is 2.20. The molecule has 0 aliphatic heterocycles. The highest BCUT2D eigenvalue weighted by atomic mass is 16.4. The summed E-state index contributed by atoms with van der Waals surface area (Å²) in [4.78, 5) is 11.1. The number of carboxylic acids is 1. The Morgan fingerprint density at radius 3 is 3.06 bits per heavy atom. The van der Waals surface area contributed by atoms with Crippen LogP contribution in [-0.2, 0) is 4.79 Å². The van der Waals surface area contributed by atoms with Crippen molar-refractivity contribution in [3.63, 3.8) is 0 Å². The van der Waals surface area contributed by atoms with Crippen molar-refractivity contribution in [3.05, 3.63) is 18.0 Å². The molecule has 1 saturated carbocycles. The van der Waals surface area contributed by atoms with Crippen LogP contribution in [0.15, 0.2) is 12.3 Å². The number of nitrogens with two attached hydrogens (primary N) is 1. The van der Waals surface area contributed by atoms with Gasteiger partial charge in [0, 0.05) is 11.9 Å². The lowest BCUT2D eigenvalue weighted by Gasteiger charge is -2.35. The maximum Gasteiger partial charge on any atom is 0.323 e. The Labute approximate surface area is 94.2 Å². The second-order valence-electron chi connectivity index (χ2n) is 4.63. The first-order valence-electron chi connectivity index (χ1n) is 5.55. The molecule has 1 fully saturated rings. The van der Waals surface area contributed by atoms with Crippen LogP contribution in [0, 0.1) is 6.92 Å². The summed E-state index contributed by atoms with van der Waals surface area (Å²) in [6, 6.07) is 2.04. The molecule has 0 radical (unpaired) electrons. The zero-order valence-corrected chi connectivity index (χ0v) is 9.39. The van der Waals surface area contributed by atoms with E-state index in [9.17, 15) is 4.79 Å². The fraction of sp³-hybridized carbons (Fsp3) is 0.636. The first-order chi connectivity index (χ1) is 7.53. The van der Waals surface area contributed by atoms with E-state index in [0.29, 0.717) is 12.8 Å². The predicted molar refractivity (Wildman–Crippen MR) is 59.0 cm³/mol. The van der Waals surface area contributed by atoms with Crippen molar-refractivity contribution in [1.82, 2.24) is 9.78 Å². The van der Waals surface area contributed by atoms with E-state index < -0.39 is 11.5 Å². The van der Waals surface area contributed by atoms with Crippen LogP contribution in [0.2, 0.25) is 0 Å². The van der Waals surface area contributed by atoms with Gasteiger partial charge < -0.3 is 10.8 Å². The van der Waals surface area contributed by atoms with Crippen molar-refractivity contribution in [3.8, 4) is 0 Å². The largest absolute Gasteiger partial charge is 0.480 e. The van der Waals surface area contributed by atoms with Crippen LogP contribution >= 0.6 is 0 Å². The van der Waals surface area contributed by atoms with Gasteiger partial charge >= 0.3 is 5.97 Å². The number of hydrogen-bond acceptors (Lipinski definition) is 3. The molecule has 5 heteroatoms. The molecule has 5 nitrogen and oxygen atoms in total. The number of aromatic nitrogens is 2. The summed E-state index contributed by atoms with van der Waals surface area (Å²) in [6.45, 7) is 1.97. The van der Waals surface area contributed by atoms with Crippen molar-refractivity contribution < 1.29 is 9.90 Å². The van der Waals surface area contributed by atoms with Gasteiger partial charge in [0.15, 0.2) is 0 Å². The fourth-order valence-corrected chi connectivity index (χ4v) is 2.44. The molecular weight excluding hydrogens is 206 g/mol. The van der Waals surface area contributed by atoms with Gasteiger partial charge in [-0.05, 0) is 38.7 Å². The highest BCUT2D eigenvalue weighted by molar-refractivity contribution is 5.78. The molecular formula is C11H17N3O2. The van der Waals surface area contributed by atoms with Crippen LogP contribution in [0.25, 0.3) is 0 Å². The lowest BCUT2D eigenvalue weighted by molar-refractivity contribution is -0.145. The molecule has 0 amide bonds. The average Bonchev–Trinajstić information content (AvgIpc) is 2.64. The lowest BCUT2D eigenvalue weighted by atomic mass is 9.80. The van der Waals surface area contributed by atoms with Crippen LogP contribution in [0.4, 0.5) is 0 Å². The van der Waals surface area contributed by atoms with Crippen LogP contribution in [0.3, 0.4) is 0 Å². The van der Waals surface area contributed by atoms with Gasteiger partial charge in [-0.2, -0.15) is 5.10 Å². The number of carbonyl (C=O) groups is 1. The normalized spacial score (nSPS) is 30.2. The number of aryl methyl sites for hydroxylation is 1. The number of rotatable bonds is 2. The van der Waals surface area contributed by atoms with Crippen LogP contribution < -0.4 is 5.73 Å². The van der Waals surface area contributed by atoms with Gasteiger partial charge in [-0.25, -0.2) is 0 Å². The molecule has 88 valence electrons. The average molecular weight is 223 g/mol. The minimum Gasteiger partial charge on any atom is -0.480 e. The number of carboxylic acid groups (broad SMARTS) is 1. The molecule has 1 heterocycles. The van der Waals surface area contributed by atoms with Gasteiger partial charge in [-0.3, -0.25) is 9.48 Å². The summed E-state index contributed by atoms with van der Waals surface area (Å²) in [5, 5.41) is 13.4. The van der Waals surface area contributed by atoms with E-state index in [0.717, 1.165) is 18.5 Å². The summed E-state index contributed by atoms with van der Waals surface area (Å²) in [5.74, 6) is -0.901. The summed E-state index contributed by atoms with van der Waals surface area (Å²) in [5.41, 5.74) is 5.88. The minimum atomic E-state index is -1.08. The third-order valence-corrected chi connectivity index (χ3v) is 3.40. The fourth-order valence-electron chi connectivity index (χ4n) is 2.44. The second kappa shape index (κ2) is 3.90. The lowest BCUT2D eigenvalue weighted by Crippen LogP contribution is -2.51. The van der Waals surface area contributed by atoms with Crippen LogP contribution in [-0.4, -0.2) is 26.4 Å². The highest BCUT2D eigenvalue weighted by Gasteiger charge is 2.40. The summed E-state index contributed by atoms with van der Waals surface area (Å²) >= 11 is 0. The molecule has 3 N–H and O–H groups in total. The third-order valence-electron chi connectivity index (χ3n) is 3.40. The van der Waals surface area contributed by atoms with Crippen molar-refractivity contribution in [2.45, 2.75) is 44.2 Å². The van der Waals surface area contributed by atoms with Crippen LogP contribution in [0.5, 0.6) is 0 Å². The zero-order chi connectivity index (χ0) is 11.8. The monoisotopic (exact) mass is 223 g/mol. The van der Waals surface area contributed by atoms with Gasteiger partial charge in [0.2, 0.25) is 0 Å². The third kappa shape index (κ3) is 1.82. The quantitative estimate of drug-likeness (QED) is 0.786. The van der Waals surface area contributed by atoms with Gasteiger partial charge in [0.1, 0.15) is 5.54 Å². The first-order valence-corrected chi connectivity index (χ1v) is 5.55. The van der Waals surface area contributed by atoms with Crippen LogP contribution in [0.1, 0.15) is 37.4 Å². The Hall–Kier alpha value is -1.36. The standard InChI is InChI=1S/C11H17N3O2/c1-8-4-6-13-14(8)9-3-2-5-11(12,7-9)10(15)16/h4,6,9H,2-3,5,7,12H2,1H3,(H,15,16). The highest BCUT2D eigenvalue weighted by Crippen LogP contribution is 2.34. The Morgan fingerprint density at radius 1 is 1.75 bits per heavy atom. The van der Waals surface area contributed by atoms with E-state index >= 15 is 0 Å². The number of hydrogen-bond donors (Lipinski definition) is 2. The molecule has 1 aliphatic rings. The summed E-state index contributed by atoms with van der Waals surface area (Å²) in [6.07, 6.45) is 4.55. The molecule has 2 rings (SSSR count). The molecule has 0 spiro atoms. The van der Waals surface area contributed by atoms with Gasteiger partial charge in [-0.15, -0.1) is 0 Å². The molecule has 1 aliphatic carbocycles. The van der Waals surface area contributed by atoms with Crippen molar-refractivity contribution in [2.75, 3.05) is 0 Å². The SMILES string of the molecule is Cc1ccnn1C1CCCC(N)(C(=O)O)C1. The van der Waals surface area contributed by atoms with Crippen molar-refractivity contribution in [2.24, 2.45) is 5.73 Å². The van der Waals surface area contributed by atoms with E-state index in [1.807, 2.05) is 17.7 Å². The molecule has 0 bridgehead atoms. The number of nitrogens with zero attached hydrogens (tertiary/aromatic N) is 2. The maximum absolute atomic E-state index is 11.1. The smallest absolute Gasteiger partial charge is 0.323 e. The maximum atomic E-state index is 11.1. The topological polar surface area (TPSA) is 81.1 Å². The molecule has 1 aromatic heterocycles. The van der Waals surface area contributed by atoms with E-state index in [1.165, 1.54) is 0 Å². The van der Waals surface area contributed by atoms with E-state index in [4.69, 9.17) is 10.8 Å². The number of aliphatic carboxylic acids is 1. The van der Waals surface area contributed by atoms with E-state index in [1.54, 1.807) is 6.20 Å². The van der Waals surface area contributed by atoms with Crippen molar-refractivity contribution >= 4 is 5.97 Å². The molecule has 1 aromatic rings. The Kier molecular flexibility index (Phi) is 2.71. The Bertz CT molecular complexity index is 402. The van der Waals surface area contributed by atoms with E-state index in [2.05, 4.69) is 5.10 Å². The zero-order valence-electron chi connectivity index (χ0n) is 9.39. The molecule has 2 unspecified atom stereocenters.